The van der Waals surface area contributed by atoms with Crippen molar-refractivity contribution in [3.8, 4) is 11.3 Å². The molecular formula is C16H14N2O5S2. The van der Waals surface area contributed by atoms with Gasteiger partial charge in [0, 0.05) is 22.7 Å². The van der Waals surface area contributed by atoms with Crippen LogP contribution in [-0.4, -0.2) is 26.2 Å². The number of carbonyl (C=O) groups excluding carboxylic acids is 1. The van der Waals surface area contributed by atoms with E-state index in [9.17, 15) is 13.2 Å². The standard InChI is InChI=1S/C16H14N2O5S2/c1-2-22-16(19)11-3-5-13(6-4-11)18-25(20,21)15-9-12(10-24-15)14-7-8-17-23-14/h3-10,18H,2H2,1H3. The van der Waals surface area contributed by atoms with Gasteiger partial charge in [-0.25, -0.2) is 13.2 Å². The molecule has 3 rings (SSSR count). The number of hydrogen-bond donors (Lipinski definition) is 1. The zero-order chi connectivity index (χ0) is 17.9. The van der Waals surface area contributed by atoms with Gasteiger partial charge in [0.05, 0.1) is 18.4 Å². The number of carbonyl (C=O) groups is 1. The van der Waals surface area contributed by atoms with Crippen molar-refractivity contribution in [3.63, 3.8) is 0 Å². The maximum atomic E-state index is 12.5. The zero-order valence-corrected chi connectivity index (χ0v) is 14.8. The number of nitrogens with one attached hydrogen (secondary N) is 1. The third-order valence-corrected chi connectivity index (χ3v) is 6.03. The second-order valence-corrected chi connectivity index (χ2v) is 7.75. The Balaban J connectivity index is 1.76. The van der Waals surface area contributed by atoms with Crippen molar-refractivity contribution in [1.29, 1.82) is 0 Å². The predicted molar refractivity (Wildman–Crippen MR) is 93.0 cm³/mol. The Morgan fingerprint density at radius 2 is 2.04 bits per heavy atom. The van der Waals surface area contributed by atoms with E-state index in [1.54, 1.807) is 18.4 Å². The van der Waals surface area contributed by atoms with Crippen LogP contribution in [0, 0.1) is 0 Å². The second-order valence-electron chi connectivity index (χ2n) is 4.93. The van der Waals surface area contributed by atoms with Gasteiger partial charge in [-0.05, 0) is 37.3 Å². The molecule has 2 heterocycles. The highest BCUT2D eigenvalue weighted by molar-refractivity contribution is 7.94. The van der Waals surface area contributed by atoms with Gasteiger partial charge in [-0.2, -0.15) is 0 Å². The molecule has 3 aromatic rings. The molecule has 0 unspecified atom stereocenters. The lowest BCUT2D eigenvalue weighted by atomic mass is 10.2. The molecule has 0 fully saturated rings. The average molecular weight is 378 g/mol. The highest BCUT2D eigenvalue weighted by atomic mass is 32.2. The Labute approximate surface area is 148 Å². The molecule has 7 nitrogen and oxygen atoms in total. The summed E-state index contributed by atoms with van der Waals surface area (Å²) in [7, 11) is -3.74. The highest BCUT2D eigenvalue weighted by Crippen LogP contribution is 2.29. The number of ether oxygens (including phenoxy) is 1. The molecule has 1 aromatic carbocycles. The molecule has 0 atom stereocenters. The van der Waals surface area contributed by atoms with Crippen molar-refractivity contribution in [2.45, 2.75) is 11.1 Å². The molecule has 0 radical (unpaired) electrons. The summed E-state index contributed by atoms with van der Waals surface area (Å²) in [5.74, 6) is 0.0448. The van der Waals surface area contributed by atoms with E-state index in [2.05, 4.69) is 9.88 Å². The van der Waals surface area contributed by atoms with Crippen molar-refractivity contribution in [1.82, 2.24) is 5.16 Å². The zero-order valence-electron chi connectivity index (χ0n) is 13.1. The van der Waals surface area contributed by atoms with Crippen LogP contribution in [0.15, 0.2) is 56.7 Å². The highest BCUT2D eigenvalue weighted by Gasteiger charge is 2.18. The maximum absolute atomic E-state index is 12.5. The molecule has 130 valence electrons. The van der Waals surface area contributed by atoms with Gasteiger partial charge in [0.2, 0.25) is 0 Å². The fourth-order valence-electron chi connectivity index (χ4n) is 2.05. The average Bonchev–Trinajstić information content (AvgIpc) is 3.27. The molecule has 0 amide bonds. The summed E-state index contributed by atoms with van der Waals surface area (Å²) in [6.07, 6.45) is 1.49. The van der Waals surface area contributed by atoms with Crippen LogP contribution in [0.5, 0.6) is 0 Å². The van der Waals surface area contributed by atoms with Crippen LogP contribution in [0.1, 0.15) is 17.3 Å². The first-order valence-corrected chi connectivity index (χ1v) is 9.65. The van der Waals surface area contributed by atoms with Gasteiger partial charge in [-0.15, -0.1) is 11.3 Å². The lowest BCUT2D eigenvalue weighted by molar-refractivity contribution is 0.0526. The number of anilines is 1. The Morgan fingerprint density at radius 1 is 1.28 bits per heavy atom. The number of sulfonamides is 1. The summed E-state index contributed by atoms with van der Waals surface area (Å²) in [5, 5.41) is 5.28. The van der Waals surface area contributed by atoms with E-state index in [4.69, 9.17) is 9.26 Å². The fourth-order valence-corrected chi connectivity index (χ4v) is 4.27. The molecule has 25 heavy (non-hydrogen) atoms. The molecule has 0 saturated carbocycles. The normalized spacial score (nSPS) is 11.2. The Morgan fingerprint density at radius 3 is 2.68 bits per heavy atom. The van der Waals surface area contributed by atoms with E-state index >= 15 is 0 Å². The Bertz CT molecular complexity index is 960. The van der Waals surface area contributed by atoms with Gasteiger partial charge >= 0.3 is 5.97 Å². The maximum Gasteiger partial charge on any atom is 0.338 e. The Hall–Kier alpha value is -2.65. The Kier molecular flexibility index (Phi) is 4.86. The molecule has 0 spiro atoms. The quantitative estimate of drug-likeness (QED) is 0.660. The topological polar surface area (TPSA) is 98.5 Å². The van der Waals surface area contributed by atoms with Gasteiger partial charge in [-0.1, -0.05) is 5.16 Å². The summed E-state index contributed by atoms with van der Waals surface area (Å²) < 4.78 is 37.5. The van der Waals surface area contributed by atoms with E-state index in [0.717, 1.165) is 11.3 Å². The smallest absolute Gasteiger partial charge is 0.338 e. The largest absolute Gasteiger partial charge is 0.462 e. The molecule has 2 aromatic heterocycles. The van der Waals surface area contributed by atoms with Crippen LogP contribution in [0.3, 0.4) is 0 Å². The number of esters is 1. The van der Waals surface area contributed by atoms with Crippen LogP contribution >= 0.6 is 11.3 Å². The van der Waals surface area contributed by atoms with Crippen molar-refractivity contribution in [2.24, 2.45) is 0 Å². The second kappa shape index (κ2) is 7.08. The summed E-state index contributed by atoms with van der Waals surface area (Å²) in [5.41, 5.74) is 1.34. The minimum atomic E-state index is -3.74. The lowest BCUT2D eigenvalue weighted by Crippen LogP contribution is -2.11. The molecule has 0 bridgehead atoms. The van der Waals surface area contributed by atoms with Crippen LogP contribution in [-0.2, 0) is 14.8 Å². The number of hydrogen-bond acceptors (Lipinski definition) is 7. The van der Waals surface area contributed by atoms with E-state index in [0.29, 0.717) is 22.6 Å². The number of nitrogens with zero attached hydrogens (tertiary/aromatic N) is 1. The number of rotatable bonds is 6. The van der Waals surface area contributed by atoms with Crippen LogP contribution in [0.2, 0.25) is 0 Å². The molecule has 0 aliphatic carbocycles. The molecule has 1 N–H and O–H groups in total. The number of aromatic nitrogens is 1. The monoisotopic (exact) mass is 378 g/mol. The van der Waals surface area contributed by atoms with Crippen molar-refractivity contribution in [2.75, 3.05) is 11.3 Å². The third-order valence-electron chi connectivity index (χ3n) is 3.21. The number of benzene rings is 1. The molecule has 0 aliphatic rings. The molecule has 0 aliphatic heterocycles. The fraction of sp³-hybridized carbons (Fsp3) is 0.125. The minimum Gasteiger partial charge on any atom is -0.462 e. The third kappa shape index (κ3) is 3.89. The van der Waals surface area contributed by atoms with Gasteiger partial charge < -0.3 is 9.26 Å². The first-order valence-electron chi connectivity index (χ1n) is 7.29. The predicted octanol–water partition coefficient (Wildman–Crippen LogP) is 3.38. The lowest BCUT2D eigenvalue weighted by Gasteiger charge is -2.07. The van der Waals surface area contributed by atoms with Crippen LogP contribution < -0.4 is 4.72 Å². The van der Waals surface area contributed by atoms with Crippen molar-refractivity contribution >= 4 is 33.0 Å². The van der Waals surface area contributed by atoms with E-state index in [1.807, 2.05) is 0 Å². The van der Waals surface area contributed by atoms with Crippen LogP contribution in [0.25, 0.3) is 11.3 Å². The van der Waals surface area contributed by atoms with Gasteiger partial charge in [0.15, 0.2) is 5.76 Å². The van der Waals surface area contributed by atoms with Gasteiger partial charge in [-0.3, -0.25) is 4.72 Å². The van der Waals surface area contributed by atoms with Crippen molar-refractivity contribution < 1.29 is 22.5 Å². The molecular weight excluding hydrogens is 364 g/mol. The summed E-state index contributed by atoms with van der Waals surface area (Å²) >= 11 is 1.08. The summed E-state index contributed by atoms with van der Waals surface area (Å²) in [6, 6.07) is 9.19. The van der Waals surface area contributed by atoms with E-state index < -0.39 is 16.0 Å². The first kappa shape index (κ1) is 17.2. The molecule has 9 heteroatoms. The van der Waals surface area contributed by atoms with Gasteiger partial charge in [0.25, 0.3) is 10.0 Å². The van der Waals surface area contributed by atoms with Crippen molar-refractivity contribution in [3.05, 3.63) is 53.5 Å². The summed E-state index contributed by atoms with van der Waals surface area (Å²) in [4.78, 5) is 11.6. The molecule has 0 saturated heterocycles. The van der Waals surface area contributed by atoms with E-state index in [-0.39, 0.29) is 10.8 Å². The first-order chi connectivity index (χ1) is 12.0. The minimum absolute atomic E-state index is 0.147. The van der Waals surface area contributed by atoms with E-state index in [1.165, 1.54) is 36.5 Å². The van der Waals surface area contributed by atoms with Crippen LogP contribution in [0.4, 0.5) is 5.69 Å². The van der Waals surface area contributed by atoms with Gasteiger partial charge in [0.1, 0.15) is 4.21 Å². The SMILES string of the molecule is CCOC(=O)c1ccc(NS(=O)(=O)c2cc(-c3ccno3)cs2)cc1. The number of thiophene rings is 1. The summed E-state index contributed by atoms with van der Waals surface area (Å²) in [6.45, 7) is 1.99.